The van der Waals surface area contributed by atoms with Gasteiger partial charge in [-0.25, -0.2) is 0 Å². The minimum absolute atomic E-state index is 0.568. The van der Waals surface area contributed by atoms with Gasteiger partial charge in [-0.15, -0.1) is 11.6 Å². The van der Waals surface area contributed by atoms with Crippen LogP contribution in [-0.4, -0.2) is 39.7 Å². The smallest absolute Gasteiger partial charge is 0.0522 e. The highest BCUT2D eigenvalue weighted by Crippen LogP contribution is 2.24. The van der Waals surface area contributed by atoms with E-state index in [2.05, 4.69) is 23.1 Å². The molecule has 1 aromatic rings. The van der Waals surface area contributed by atoms with Crippen molar-refractivity contribution in [3.05, 3.63) is 18.0 Å². The molecule has 2 atom stereocenters. The number of aryl methyl sites for hydroxylation is 1. The fourth-order valence-electron chi connectivity index (χ4n) is 2.49. The van der Waals surface area contributed by atoms with Gasteiger partial charge in [-0.05, 0) is 30.9 Å². The summed E-state index contributed by atoms with van der Waals surface area (Å²) in [4.78, 5) is 2.52. The summed E-state index contributed by atoms with van der Waals surface area (Å²) in [7, 11) is 1.96. The van der Waals surface area contributed by atoms with Gasteiger partial charge in [-0.3, -0.25) is 9.58 Å². The molecular weight excluding hydrogens is 222 g/mol. The van der Waals surface area contributed by atoms with Crippen LogP contribution >= 0.6 is 11.6 Å². The lowest BCUT2D eigenvalue weighted by molar-refractivity contribution is 0.253. The Morgan fingerprint density at radius 2 is 2.38 bits per heavy atom. The van der Waals surface area contributed by atoms with Gasteiger partial charge in [0.15, 0.2) is 0 Å². The zero-order valence-electron chi connectivity index (χ0n) is 10.1. The lowest BCUT2D eigenvalue weighted by atomic mass is 10.0. The Balaban J connectivity index is 1.86. The van der Waals surface area contributed by atoms with Crippen LogP contribution in [0.15, 0.2) is 12.4 Å². The van der Waals surface area contributed by atoms with E-state index in [1.165, 1.54) is 18.5 Å². The second kappa shape index (κ2) is 5.19. The van der Waals surface area contributed by atoms with E-state index in [-0.39, 0.29) is 0 Å². The van der Waals surface area contributed by atoms with E-state index in [0.29, 0.717) is 6.04 Å². The normalized spacial score (nSPS) is 26.4. The summed E-state index contributed by atoms with van der Waals surface area (Å²) in [6.45, 7) is 4.60. The first-order valence-corrected chi connectivity index (χ1v) is 6.51. The SMILES string of the molecule is CC1CCN(CCc2cnn(C)c2)C1CCl. The molecule has 0 spiro atoms. The largest absolute Gasteiger partial charge is 0.299 e. The van der Waals surface area contributed by atoms with Gasteiger partial charge in [0, 0.05) is 31.7 Å². The Hall–Kier alpha value is -0.540. The predicted molar refractivity (Wildman–Crippen MR) is 66.8 cm³/mol. The molecule has 1 aromatic heterocycles. The summed E-state index contributed by atoms with van der Waals surface area (Å²) in [6.07, 6.45) is 6.41. The molecule has 2 heterocycles. The molecule has 90 valence electrons. The van der Waals surface area contributed by atoms with E-state index in [9.17, 15) is 0 Å². The van der Waals surface area contributed by atoms with Gasteiger partial charge in [0.25, 0.3) is 0 Å². The first kappa shape index (κ1) is 11.9. The van der Waals surface area contributed by atoms with E-state index in [0.717, 1.165) is 24.8 Å². The number of likely N-dealkylation sites (tertiary alicyclic amines) is 1. The Labute approximate surface area is 102 Å². The molecule has 0 bridgehead atoms. The maximum Gasteiger partial charge on any atom is 0.0522 e. The average molecular weight is 242 g/mol. The van der Waals surface area contributed by atoms with E-state index < -0.39 is 0 Å². The molecule has 2 rings (SSSR count). The highest BCUT2D eigenvalue weighted by Gasteiger charge is 2.29. The van der Waals surface area contributed by atoms with Gasteiger partial charge < -0.3 is 0 Å². The lowest BCUT2D eigenvalue weighted by Crippen LogP contribution is -2.35. The number of aromatic nitrogens is 2. The van der Waals surface area contributed by atoms with E-state index >= 15 is 0 Å². The minimum Gasteiger partial charge on any atom is -0.299 e. The van der Waals surface area contributed by atoms with Crippen molar-refractivity contribution in [2.75, 3.05) is 19.0 Å². The quantitative estimate of drug-likeness (QED) is 0.751. The van der Waals surface area contributed by atoms with Gasteiger partial charge in [0.2, 0.25) is 0 Å². The fourth-order valence-corrected chi connectivity index (χ4v) is 2.99. The Kier molecular flexibility index (Phi) is 3.87. The summed E-state index contributed by atoms with van der Waals surface area (Å²) in [5, 5.41) is 4.19. The summed E-state index contributed by atoms with van der Waals surface area (Å²) in [5.74, 6) is 1.50. The molecule has 2 unspecified atom stereocenters. The summed E-state index contributed by atoms with van der Waals surface area (Å²) < 4.78 is 1.86. The third-order valence-electron chi connectivity index (χ3n) is 3.60. The number of nitrogens with zero attached hydrogens (tertiary/aromatic N) is 3. The number of hydrogen-bond donors (Lipinski definition) is 0. The van der Waals surface area contributed by atoms with Crippen LogP contribution in [0.2, 0.25) is 0 Å². The molecule has 0 aromatic carbocycles. The number of halogens is 1. The number of alkyl halides is 1. The van der Waals surface area contributed by atoms with E-state index in [1.807, 2.05) is 17.9 Å². The number of hydrogen-bond acceptors (Lipinski definition) is 2. The summed E-state index contributed by atoms with van der Waals surface area (Å²) in [6, 6.07) is 0.568. The predicted octanol–water partition coefficient (Wildman–Crippen LogP) is 1.91. The van der Waals surface area contributed by atoms with Crippen molar-refractivity contribution in [3.8, 4) is 0 Å². The maximum atomic E-state index is 6.03. The van der Waals surface area contributed by atoms with Gasteiger partial charge in [0.1, 0.15) is 0 Å². The average Bonchev–Trinajstić information content (AvgIpc) is 2.82. The van der Waals surface area contributed by atoms with Crippen LogP contribution < -0.4 is 0 Å². The molecule has 4 heteroatoms. The van der Waals surface area contributed by atoms with Gasteiger partial charge in [-0.1, -0.05) is 6.92 Å². The molecule has 1 fully saturated rings. The van der Waals surface area contributed by atoms with Crippen molar-refractivity contribution < 1.29 is 0 Å². The molecule has 1 aliphatic rings. The minimum atomic E-state index is 0.568. The third kappa shape index (κ3) is 2.58. The molecular formula is C12H20ClN3. The van der Waals surface area contributed by atoms with Crippen molar-refractivity contribution in [3.63, 3.8) is 0 Å². The first-order chi connectivity index (χ1) is 7.70. The molecule has 1 saturated heterocycles. The van der Waals surface area contributed by atoms with Crippen LogP contribution in [-0.2, 0) is 13.5 Å². The second-order valence-corrected chi connectivity index (χ2v) is 5.10. The zero-order chi connectivity index (χ0) is 11.5. The second-order valence-electron chi connectivity index (χ2n) is 4.80. The monoisotopic (exact) mass is 241 g/mol. The van der Waals surface area contributed by atoms with E-state index in [4.69, 9.17) is 11.6 Å². The molecule has 0 amide bonds. The molecule has 16 heavy (non-hydrogen) atoms. The van der Waals surface area contributed by atoms with Crippen LogP contribution in [0.1, 0.15) is 18.9 Å². The standard InChI is InChI=1S/C12H20ClN3/c1-10-3-5-16(12(10)7-13)6-4-11-8-14-15(2)9-11/h8-10,12H,3-7H2,1-2H3. The Bertz CT molecular complexity index is 337. The maximum absolute atomic E-state index is 6.03. The molecule has 0 N–H and O–H groups in total. The van der Waals surface area contributed by atoms with Crippen LogP contribution in [0, 0.1) is 5.92 Å². The van der Waals surface area contributed by atoms with Gasteiger partial charge in [-0.2, -0.15) is 5.10 Å². The van der Waals surface area contributed by atoms with Crippen molar-refractivity contribution in [1.82, 2.24) is 14.7 Å². The first-order valence-electron chi connectivity index (χ1n) is 5.98. The zero-order valence-corrected chi connectivity index (χ0v) is 10.8. The Morgan fingerprint density at radius 3 is 3.00 bits per heavy atom. The van der Waals surface area contributed by atoms with Crippen molar-refractivity contribution >= 4 is 11.6 Å². The van der Waals surface area contributed by atoms with E-state index in [1.54, 1.807) is 0 Å². The Morgan fingerprint density at radius 1 is 1.56 bits per heavy atom. The topological polar surface area (TPSA) is 21.1 Å². The summed E-state index contributed by atoms with van der Waals surface area (Å²) in [5.41, 5.74) is 1.32. The molecule has 0 radical (unpaired) electrons. The third-order valence-corrected chi connectivity index (χ3v) is 3.92. The van der Waals surface area contributed by atoms with Crippen LogP contribution in [0.5, 0.6) is 0 Å². The molecule has 3 nitrogen and oxygen atoms in total. The highest BCUT2D eigenvalue weighted by molar-refractivity contribution is 6.18. The van der Waals surface area contributed by atoms with Crippen molar-refractivity contribution in [2.24, 2.45) is 13.0 Å². The van der Waals surface area contributed by atoms with Crippen molar-refractivity contribution in [1.29, 1.82) is 0 Å². The highest BCUT2D eigenvalue weighted by atomic mass is 35.5. The van der Waals surface area contributed by atoms with Crippen LogP contribution in [0.25, 0.3) is 0 Å². The summed E-state index contributed by atoms with van der Waals surface area (Å²) >= 11 is 6.03. The molecule has 1 aliphatic heterocycles. The molecule has 0 saturated carbocycles. The van der Waals surface area contributed by atoms with Gasteiger partial charge >= 0.3 is 0 Å². The van der Waals surface area contributed by atoms with Crippen molar-refractivity contribution in [2.45, 2.75) is 25.8 Å². The van der Waals surface area contributed by atoms with Crippen LogP contribution in [0.3, 0.4) is 0 Å². The fraction of sp³-hybridized carbons (Fsp3) is 0.750. The lowest BCUT2D eigenvalue weighted by Gasteiger charge is -2.24. The van der Waals surface area contributed by atoms with Crippen LogP contribution in [0.4, 0.5) is 0 Å². The molecule has 0 aliphatic carbocycles. The number of rotatable bonds is 4. The van der Waals surface area contributed by atoms with Gasteiger partial charge in [0.05, 0.1) is 6.20 Å².